The first-order valence-corrected chi connectivity index (χ1v) is 7.49. The topological polar surface area (TPSA) is 17.0 Å². The summed E-state index contributed by atoms with van der Waals surface area (Å²) in [5, 5.41) is 4.82. The molecule has 0 atom stereocenters. The summed E-state index contributed by atoms with van der Waals surface area (Å²) in [5.74, 6) is 0.759. The summed E-state index contributed by atoms with van der Waals surface area (Å²) in [5.41, 5.74) is 2.74. The summed E-state index contributed by atoms with van der Waals surface area (Å²) in [4.78, 5) is 0. The highest BCUT2D eigenvalue weighted by Gasteiger charge is 2.03. The van der Waals surface area contributed by atoms with Crippen molar-refractivity contribution in [3.63, 3.8) is 0 Å². The van der Waals surface area contributed by atoms with Gasteiger partial charge < -0.3 is 9.88 Å². The molecular formula is C17H26N2. The average Bonchev–Trinajstić information content (AvgIpc) is 2.79. The normalized spacial score (nSPS) is 11.6. The van der Waals surface area contributed by atoms with Gasteiger partial charge in [0, 0.05) is 24.8 Å². The summed E-state index contributed by atoms with van der Waals surface area (Å²) in [7, 11) is 0. The molecule has 1 aromatic carbocycles. The Kier molecular flexibility index (Phi) is 5.03. The van der Waals surface area contributed by atoms with Crippen LogP contribution in [0.2, 0.25) is 0 Å². The molecule has 0 bridgehead atoms. The number of benzene rings is 1. The number of nitrogens with zero attached hydrogens (tertiary/aromatic N) is 1. The Morgan fingerprint density at radius 2 is 2.05 bits per heavy atom. The monoisotopic (exact) mass is 258 g/mol. The van der Waals surface area contributed by atoms with Crippen molar-refractivity contribution in [2.75, 3.05) is 6.54 Å². The fourth-order valence-corrected chi connectivity index (χ4v) is 2.36. The number of nitrogens with one attached hydrogen (secondary N) is 1. The van der Waals surface area contributed by atoms with Crippen molar-refractivity contribution in [3.05, 3.63) is 36.0 Å². The largest absolute Gasteiger partial charge is 0.347 e. The Labute approximate surface area is 116 Å². The molecular weight excluding hydrogens is 232 g/mol. The van der Waals surface area contributed by atoms with Crippen molar-refractivity contribution in [1.82, 2.24) is 9.88 Å². The van der Waals surface area contributed by atoms with E-state index in [-0.39, 0.29) is 0 Å². The number of aryl methyl sites for hydroxylation is 1. The van der Waals surface area contributed by atoms with Crippen molar-refractivity contribution < 1.29 is 0 Å². The Morgan fingerprint density at radius 3 is 2.79 bits per heavy atom. The van der Waals surface area contributed by atoms with Crippen LogP contribution in [0.25, 0.3) is 10.9 Å². The van der Waals surface area contributed by atoms with E-state index in [1.165, 1.54) is 29.3 Å². The zero-order valence-electron chi connectivity index (χ0n) is 12.4. The van der Waals surface area contributed by atoms with Gasteiger partial charge in [0.25, 0.3) is 0 Å². The second-order valence-electron chi connectivity index (χ2n) is 5.76. The van der Waals surface area contributed by atoms with E-state index < -0.39 is 0 Å². The van der Waals surface area contributed by atoms with E-state index in [1.807, 2.05) is 0 Å². The van der Waals surface area contributed by atoms with Gasteiger partial charge in [-0.15, -0.1) is 0 Å². The molecule has 1 heterocycles. The van der Waals surface area contributed by atoms with Crippen LogP contribution in [0.5, 0.6) is 0 Å². The molecule has 0 spiro atoms. The molecule has 0 fully saturated rings. The maximum Gasteiger partial charge on any atom is 0.0480 e. The quantitative estimate of drug-likeness (QED) is 0.737. The molecule has 0 radical (unpaired) electrons. The van der Waals surface area contributed by atoms with Crippen molar-refractivity contribution >= 4 is 10.9 Å². The lowest BCUT2D eigenvalue weighted by atomic mass is 10.1. The zero-order chi connectivity index (χ0) is 13.7. The molecule has 19 heavy (non-hydrogen) atoms. The third-order valence-corrected chi connectivity index (χ3v) is 3.54. The van der Waals surface area contributed by atoms with Gasteiger partial charge in [-0.05, 0) is 54.5 Å². The first kappa shape index (κ1) is 14.1. The molecule has 2 nitrogen and oxygen atoms in total. The van der Waals surface area contributed by atoms with Crippen molar-refractivity contribution in [3.8, 4) is 0 Å². The molecule has 0 amide bonds. The minimum absolute atomic E-state index is 0.759. The van der Waals surface area contributed by atoms with Crippen LogP contribution in [-0.4, -0.2) is 11.1 Å². The predicted molar refractivity (Wildman–Crippen MR) is 83.4 cm³/mol. The van der Waals surface area contributed by atoms with Crippen LogP contribution >= 0.6 is 0 Å². The van der Waals surface area contributed by atoms with Crippen LogP contribution in [0.4, 0.5) is 0 Å². The highest BCUT2D eigenvalue weighted by Crippen LogP contribution is 2.19. The molecule has 1 N–H and O–H groups in total. The third-order valence-electron chi connectivity index (χ3n) is 3.54. The third kappa shape index (κ3) is 3.84. The molecule has 2 aromatic rings. The smallest absolute Gasteiger partial charge is 0.0480 e. The fraction of sp³-hybridized carbons (Fsp3) is 0.529. The van der Waals surface area contributed by atoms with E-state index in [4.69, 9.17) is 0 Å². The number of aromatic nitrogens is 1. The summed E-state index contributed by atoms with van der Waals surface area (Å²) in [6, 6.07) is 9.05. The Bertz CT molecular complexity index is 511. The molecule has 0 saturated heterocycles. The number of hydrogen-bond donors (Lipinski definition) is 1. The van der Waals surface area contributed by atoms with Crippen LogP contribution < -0.4 is 5.32 Å². The van der Waals surface area contributed by atoms with E-state index >= 15 is 0 Å². The Hall–Kier alpha value is -1.28. The van der Waals surface area contributed by atoms with Gasteiger partial charge in [0.2, 0.25) is 0 Å². The highest BCUT2D eigenvalue weighted by molar-refractivity contribution is 5.80. The second-order valence-corrected chi connectivity index (χ2v) is 5.76. The molecule has 2 rings (SSSR count). The first-order chi connectivity index (χ1) is 9.20. The van der Waals surface area contributed by atoms with Crippen LogP contribution in [0, 0.1) is 5.92 Å². The minimum atomic E-state index is 0.759. The first-order valence-electron chi connectivity index (χ1n) is 7.49. The molecule has 0 aliphatic heterocycles. The van der Waals surface area contributed by atoms with Crippen molar-refractivity contribution in [1.29, 1.82) is 0 Å². The van der Waals surface area contributed by atoms with Gasteiger partial charge in [0.05, 0.1) is 0 Å². The van der Waals surface area contributed by atoms with Gasteiger partial charge >= 0.3 is 0 Å². The van der Waals surface area contributed by atoms with E-state index in [9.17, 15) is 0 Å². The predicted octanol–water partition coefficient (Wildman–Crippen LogP) is 4.19. The maximum atomic E-state index is 3.46. The van der Waals surface area contributed by atoms with Crippen LogP contribution in [0.1, 0.15) is 39.2 Å². The number of hydrogen-bond acceptors (Lipinski definition) is 1. The maximum absolute atomic E-state index is 3.46. The fourth-order valence-electron chi connectivity index (χ4n) is 2.36. The molecule has 0 saturated carbocycles. The van der Waals surface area contributed by atoms with Crippen LogP contribution in [-0.2, 0) is 13.1 Å². The van der Waals surface area contributed by atoms with Gasteiger partial charge in [-0.25, -0.2) is 0 Å². The van der Waals surface area contributed by atoms with Crippen molar-refractivity contribution in [2.45, 2.75) is 46.7 Å². The lowest BCUT2D eigenvalue weighted by Crippen LogP contribution is -2.13. The molecule has 104 valence electrons. The van der Waals surface area contributed by atoms with Gasteiger partial charge in [0.15, 0.2) is 0 Å². The van der Waals surface area contributed by atoms with Gasteiger partial charge in [-0.2, -0.15) is 0 Å². The summed E-state index contributed by atoms with van der Waals surface area (Å²) in [6.45, 7) is 9.94. The van der Waals surface area contributed by atoms with Gasteiger partial charge in [0.1, 0.15) is 0 Å². The van der Waals surface area contributed by atoms with Crippen LogP contribution in [0.15, 0.2) is 30.5 Å². The van der Waals surface area contributed by atoms with E-state index in [0.717, 1.165) is 25.6 Å². The minimum Gasteiger partial charge on any atom is -0.347 e. The summed E-state index contributed by atoms with van der Waals surface area (Å²) < 4.78 is 2.37. The van der Waals surface area contributed by atoms with E-state index in [1.54, 1.807) is 0 Å². The second kappa shape index (κ2) is 6.76. The Balaban J connectivity index is 2.08. The van der Waals surface area contributed by atoms with Gasteiger partial charge in [-0.1, -0.05) is 26.8 Å². The molecule has 0 aliphatic carbocycles. The highest BCUT2D eigenvalue weighted by atomic mass is 14.9. The lowest BCUT2D eigenvalue weighted by Gasteiger charge is -2.08. The zero-order valence-corrected chi connectivity index (χ0v) is 12.4. The van der Waals surface area contributed by atoms with Gasteiger partial charge in [-0.3, -0.25) is 0 Å². The van der Waals surface area contributed by atoms with E-state index in [2.05, 4.69) is 61.1 Å². The van der Waals surface area contributed by atoms with Crippen molar-refractivity contribution in [2.24, 2.45) is 5.92 Å². The molecule has 1 aromatic heterocycles. The molecule has 2 heteroatoms. The SMILES string of the molecule is CCCNCc1ccc2c(ccn2CCC(C)C)c1. The summed E-state index contributed by atoms with van der Waals surface area (Å²) in [6.07, 6.45) is 4.65. The average molecular weight is 258 g/mol. The molecule has 0 aliphatic rings. The lowest BCUT2D eigenvalue weighted by molar-refractivity contribution is 0.524. The van der Waals surface area contributed by atoms with E-state index in [0.29, 0.717) is 0 Å². The van der Waals surface area contributed by atoms with Crippen LogP contribution in [0.3, 0.4) is 0 Å². The number of fused-ring (bicyclic) bond motifs is 1. The molecule has 0 unspecified atom stereocenters. The Morgan fingerprint density at radius 1 is 1.21 bits per heavy atom. The summed E-state index contributed by atoms with van der Waals surface area (Å²) >= 11 is 0. The number of rotatable bonds is 7. The standard InChI is InChI=1S/C17H26N2/c1-4-9-18-13-15-5-6-17-16(12-15)8-11-19(17)10-7-14(2)3/h5-6,8,11-12,14,18H,4,7,9-10,13H2,1-3H3.